The van der Waals surface area contributed by atoms with Crippen molar-refractivity contribution in [2.75, 3.05) is 36.9 Å². The van der Waals surface area contributed by atoms with E-state index in [0.29, 0.717) is 23.5 Å². The van der Waals surface area contributed by atoms with Gasteiger partial charge in [-0.05, 0) is 50.3 Å². The van der Waals surface area contributed by atoms with Gasteiger partial charge in [-0.2, -0.15) is 0 Å². The predicted molar refractivity (Wildman–Crippen MR) is 136 cm³/mol. The fraction of sp³-hybridized carbons (Fsp3) is 0.480. The Bertz CT molecular complexity index is 1150. The molecule has 0 unspecified atom stereocenters. The average Bonchev–Trinajstić information content (AvgIpc) is 3.36. The highest BCUT2D eigenvalue weighted by Gasteiger charge is 2.32. The Morgan fingerprint density at radius 3 is 2.58 bits per heavy atom. The van der Waals surface area contributed by atoms with Crippen molar-refractivity contribution in [1.82, 2.24) is 20.6 Å². The molecule has 0 radical (unpaired) electrons. The minimum Gasteiger partial charge on any atom is -0.385 e. The van der Waals surface area contributed by atoms with Gasteiger partial charge in [-0.3, -0.25) is 4.79 Å². The van der Waals surface area contributed by atoms with E-state index in [1.807, 2.05) is 14.0 Å². The summed E-state index contributed by atoms with van der Waals surface area (Å²) in [5.74, 6) is -0.0761. The molecule has 33 heavy (non-hydrogen) atoms. The first-order chi connectivity index (χ1) is 16.1. The summed E-state index contributed by atoms with van der Waals surface area (Å²) >= 11 is 1.41. The lowest BCUT2D eigenvalue weighted by Gasteiger charge is -2.34. The van der Waals surface area contributed by atoms with Crippen LogP contribution in [0.1, 0.15) is 46.4 Å². The number of hydrogen-bond donors (Lipinski definition) is 3. The Kier molecular flexibility index (Phi) is 6.21. The molecule has 2 aromatic heterocycles. The Labute approximate surface area is 199 Å². The molecule has 2 atom stereocenters. The second-order valence-electron chi connectivity index (χ2n) is 9.03. The van der Waals surface area contributed by atoms with E-state index in [9.17, 15) is 4.79 Å². The first-order valence-corrected chi connectivity index (χ1v) is 12.7. The molecule has 2 aliphatic rings. The zero-order valence-electron chi connectivity index (χ0n) is 19.6. The number of anilines is 2. The molecule has 3 N–H and O–H groups in total. The molecule has 3 aromatic rings. The molecule has 7 nitrogen and oxygen atoms in total. The monoisotopic (exact) mass is 464 g/mol. The number of aromatic nitrogens is 2. The van der Waals surface area contributed by atoms with Gasteiger partial charge in [-0.25, -0.2) is 9.97 Å². The van der Waals surface area contributed by atoms with Crippen molar-refractivity contribution in [3.8, 4) is 0 Å². The maximum Gasteiger partial charge on any atom is 0.263 e. The van der Waals surface area contributed by atoms with Gasteiger partial charge in [0.15, 0.2) is 0 Å². The summed E-state index contributed by atoms with van der Waals surface area (Å²) in [6.45, 7) is 6.83. The number of piperazine rings is 1. The van der Waals surface area contributed by atoms with Crippen molar-refractivity contribution in [2.45, 2.75) is 51.6 Å². The average molecular weight is 465 g/mol. The second-order valence-corrected chi connectivity index (χ2v) is 10.0. The lowest BCUT2D eigenvalue weighted by Crippen LogP contribution is -2.51. The first-order valence-electron chi connectivity index (χ1n) is 11.9. The summed E-state index contributed by atoms with van der Waals surface area (Å²) in [5.41, 5.74) is 5.97. The summed E-state index contributed by atoms with van der Waals surface area (Å²) in [6, 6.07) is 10.1. The summed E-state index contributed by atoms with van der Waals surface area (Å²) < 4.78 is 0. The fourth-order valence-electron chi connectivity index (χ4n) is 5.03. The van der Waals surface area contributed by atoms with E-state index < -0.39 is 0 Å². The van der Waals surface area contributed by atoms with E-state index in [2.05, 4.69) is 52.0 Å². The molecule has 2 saturated heterocycles. The normalized spacial score (nSPS) is 19.8. The van der Waals surface area contributed by atoms with Crippen LogP contribution in [0.25, 0.3) is 10.3 Å². The highest BCUT2D eigenvalue weighted by molar-refractivity contribution is 7.21. The molecule has 2 bridgehead atoms. The van der Waals surface area contributed by atoms with Gasteiger partial charge in [0, 0.05) is 44.5 Å². The van der Waals surface area contributed by atoms with Crippen LogP contribution in [-0.2, 0) is 12.8 Å². The smallest absolute Gasteiger partial charge is 0.263 e. The van der Waals surface area contributed by atoms with Crippen LogP contribution in [0.15, 0.2) is 24.3 Å². The predicted octanol–water partition coefficient (Wildman–Crippen LogP) is 3.52. The van der Waals surface area contributed by atoms with Gasteiger partial charge in [0.1, 0.15) is 15.2 Å². The van der Waals surface area contributed by atoms with Crippen LogP contribution in [0.2, 0.25) is 0 Å². The molecule has 0 spiro atoms. The molecule has 174 valence electrons. The second kappa shape index (κ2) is 9.27. The van der Waals surface area contributed by atoms with Crippen LogP contribution in [-0.4, -0.2) is 54.6 Å². The van der Waals surface area contributed by atoms with Crippen molar-refractivity contribution in [1.29, 1.82) is 0 Å². The number of fused-ring (bicyclic) bond motifs is 3. The van der Waals surface area contributed by atoms with E-state index in [1.54, 1.807) is 0 Å². The van der Waals surface area contributed by atoms with Gasteiger partial charge >= 0.3 is 0 Å². The molecule has 1 aromatic carbocycles. The SMILES string of the molecule is CCc1nc2sc(C(=O)NCCc3ccc(N4C[C@H]5CC[C@@H](C4)N5)cc3)c(NC)c2nc1C. The number of aryl methyl sites for hydroxylation is 2. The number of rotatable bonds is 7. The lowest BCUT2D eigenvalue weighted by molar-refractivity contribution is 0.0959. The summed E-state index contributed by atoms with van der Waals surface area (Å²) in [7, 11) is 1.83. The van der Waals surface area contributed by atoms with Gasteiger partial charge < -0.3 is 20.9 Å². The number of benzene rings is 1. The third kappa shape index (κ3) is 4.42. The van der Waals surface area contributed by atoms with Gasteiger partial charge in [-0.15, -0.1) is 11.3 Å². The standard InChI is InChI=1S/C25H32N6OS/c1-4-20-15(2)28-22-21(26-3)23(33-25(22)30-20)24(32)27-12-11-16-5-9-19(10-6-16)31-13-17-7-8-18(14-31)29-17/h5-6,9-10,17-18,26,29H,4,7-8,11-14H2,1-3H3,(H,27,32)/t17-,18+. The minimum atomic E-state index is -0.0761. The molecule has 8 heteroatoms. The Morgan fingerprint density at radius 1 is 1.18 bits per heavy atom. The number of nitrogens with zero attached hydrogens (tertiary/aromatic N) is 3. The van der Waals surface area contributed by atoms with Crippen molar-refractivity contribution >= 4 is 39.0 Å². The van der Waals surface area contributed by atoms with Crippen molar-refractivity contribution in [3.05, 3.63) is 46.1 Å². The molecule has 0 aliphatic carbocycles. The van der Waals surface area contributed by atoms with Crippen LogP contribution < -0.4 is 20.9 Å². The number of thiophene rings is 1. The lowest BCUT2D eigenvalue weighted by atomic mass is 10.1. The zero-order chi connectivity index (χ0) is 22.9. The van der Waals surface area contributed by atoms with Crippen LogP contribution in [0.4, 0.5) is 11.4 Å². The summed E-state index contributed by atoms with van der Waals surface area (Å²) in [6.07, 6.45) is 4.21. The van der Waals surface area contributed by atoms with Crippen molar-refractivity contribution in [2.24, 2.45) is 0 Å². The van der Waals surface area contributed by atoms with Crippen LogP contribution in [0.3, 0.4) is 0 Å². The Hall–Kier alpha value is -2.71. The molecular weight excluding hydrogens is 432 g/mol. The molecule has 5 rings (SSSR count). The number of nitrogens with one attached hydrogen (secondary N) is 3. The molecule has 4 heterocycles. The zero-order valence-corrected chi connectivity index (χ0v) is 20.4. The quantitative estimate of drug-likeness (QED) is 0.496. The topological polar surface area (TPSA) is 82.2 Å². The highest BCUT2D eigenvalue weighted by atomic mass is 32.1. The Balaban J connectivity index is 1.21. The van der Waals surface area contributed by atoms with E-state index in [4.69, 9.17) is 9.97 Å². The minimum absolute atomic E-state index is 0.0761. The summed E-state index contributed by atoms with van der Waals surface area (Å²) in [5, 5.41) is 9.92. The van der Waals surface area contributed by atoms with Gasteiger partial charge in [0.2, 0.25) is 0 Å². The van der Waals surface area contributed by atoms with Gasteiger partial charge in [0.05, 0.1) is 17.1 Å². The van der Waals surface area contributed by atoms with Crippen molar-refractivity contribution < 1.29 is 4.79 Å². The van der Waals surface area contributed by atoms with Crippen molar-refractivity contribution in [3.63, 3.8) is 0 Å². The van der Waals surface area contributed by atoms with Crippen LogP contribution in [0, 0.1) is 6.92 Å². The summed E-state index contributed by atoms with van der Waals surface area (Å²) in [4.78, 5) is 26.3. The third-order valence-electron chi connectivity index (χ3n) is 6.81. The van der Waals surface area contributed by atoms with Crippen LogP contribution in [0.5, 0.6) is 0 Å². The van der Waals surface area contributed by atoms with E-state index >= 15 is 0 Å². The number of carbonyl (C=O) groups excluding carboxylic acids is 1. The first kappa shape index (κ1) is 22.1. The molecular formula is C25H32N6OS. The molecule has 0 saturated carbocycles. The van der Waals surface area contributed by atoms with E-state index in [0.717, 1.165) is 53.4 Å². The van der Waals surface area contributed by atoms with E-state index in [-0.39, 0.29) is 5.91 Å². The van der Waals surface area contributed by atoms with E-state index in [1.165, 1.54) is 35.4 Å². The number of carbonyl (C=O) groups is 1. The molecule has 2 fully saturated rings. The van der Waals surface area contributed by atoms with Crippen LogP contribution >= 0.6 is 11.3 Å². The fourth-order valence-corrected chi connectivity index (χ4v) is 6.09. The molecule has 2 aliphatic heterocycles. The number of hydrogen-bond acceptors (Lipinski definition) is 7. The number of amides is 1. The van der Waals surface area contributed by atoms with Gasteiger partial charge in [0.25, 0.3) is 5.91 Å². The highest BCUT2D eigenvalue weighted by Crippen LogP contribution is 2.34. The maximum absolute atomic E-state index is 12.9. The maximum atomic E-state index is 12.9. The molecule has 1 amide bonds. The van der Waals surface area contributed by atoms with Gasteiger partial charge in [-0.1, -0.05) is 19.1 Å². The Morgan fingerprint density at radius 2 is 1.91 bits per heavy atom. The largest absolute Gasteiger partial charge is 0.385 e. The third-order valence-corrected chi connectivity index (χ3v) is 7.88.